The van der Waals surface area contributed by atoms with Crippen LogP contribution in [0.15, 0.2) is 18.2 Å². The predicted octanol–water partition coefficient (Wildman–Crippen LogP) is 1.12. The summed E-state index contributed by atoms with van der Waals surface area (Å²) in [7, 11) is 1.00. The summed E-state index contributed by atoms with van der Waals surface area (Å²) in [4.78, 5) is 10.3. The SMILES string of the molecule is CO.Cc1cc(O)ccc1C=O. The van der Waals surface area contributed by atoms with Gasteiger partial charge >= 0.3 is 0 Å². The molecule has 1 aromatic carbocycles. The molecule has 3 nitrogen and oxygen atoms in total. The smallest absolute Gasteiger partial charge is 0.150 e. The van der Waals surface area contributed by atoms with Crippen molar-refractivity contribution in [3.05, 3.63) is 29.3 Å². The first-order valence-corrected chi connectivity index (χ1v) is 3.43. The van der Waals surface area contributed by atoms with Crippen LogP contribution >= 0.6 is 0 Å². The van der Waals surface area contributed by atoms with Crippen LogP contribution in [0, 0.1) is 6.92 Å². The van der Waals surface area contributed by atoms with Crippen LogP contribution in [-0.2, 0) is 0 Å². The zero-order chi connectivity index (χ0) is 9.56. The van der Waals surface area contributed by atoms with Gasteiger partial charge in [-0.1, -0.05) is 0 Å². The molecule has 0 aliphatic rings. The number of aldehydes is 1. The Bertz CT molecular complexity index is 256. The number of aliphatic hydroxyl groups excluding tert-OH is 1. The normalized spacial score (nSPS) is 8.25. The van der Waals surface area contributed by atoms with Gasteiger partial charge < -0.3 is 10.2 Å². The predicted molar refractivity (Wildman–Crippen MR) is 46.4 cm³/mol. The Labute approximate surface area is 71.3 Å². The van der Waals surface area contributed by atoms with E-state index in [1.807, 2.05) is 0 Å². The van der Waals surface area contributed by atoms with Crippen LogP contribution < -0.4 is 0 Å². The van der Waals surface area contributed by atoms with Crippen molar-refractivity contribution in [2.45, 2.75) is 6.92 Å². The number of hydrogen-bond donors (Lipinski definition) is 2. The Morgan fingerprint density at radius 2 is 1.92 bits per heavy atom. The molecule has 66 valence electrons. The highest BCUT2D eigenvalue weighted by Gasteiger charge is 1.95. The third-order valence-corrected chi connectivity index (χ3v) is 1.38. The zero-order valence-electron chi connectivity index (χ0n) is 7.11. The lowest BCUT2D eigenvalue weighted by atomic mass is 10.1. The molecule has 0 bridgehead atoms. The first-order chi connectivity index (χ1) is 5.74. The fraction of sp³-hybridized carbons (Fsp3) is 0.222. The van der Waals surface area contributed by atoms with Gasteiger partial charge in [0.2, 0.25) is 0 Å². The van der Waals surface area contributed by atoms with Gasteiger partial charge in [-0.2, -0.15) is 0 Å². The summed E-state index contributed by atoms with van der Waals surface area (Å²) in [5, 5.41) is 15.9. The Morgan fingerprint density at radius 3 is 2.33 bits per heavy atom. The summed E-state index contributed by atoms with van der Waals surface area (Å²) in [5.41, 5.74) is 1.42. The fourth-order valence-corrected chi connectivity index (χ4v) is 0.792. The van der Waals surface area contributed by atoms with E-state index in [-0.39, 0.29) is 5.75 Å². The quantitative estimate of drug-likeness (QED) is 0.618. The number of carbonyl (C=O) groups excluding carboxylic acids is 1. The molecule has 0 saturated heterocycles. The fourth-order valence-electron chi connectivity index (χ4n) is 0.792. The average Bonchev–Trinajstić information content (AvgIpc) is 2.08. The third-order valence-electron chi connectivity index (χ3n) is 1.38. The number of rotatable bonds is 1. The van der Waals surface area contributed by atoms with Crippen LogP contribution in [0.1, 0.15) is 15.9 Å². The third kappa shape index (κ3) is 2.72. The highest BCUT2D eigenvalue weighted by Crippen LogP contribution is 2.13. The van der Waals surface area contributed by atoms with Gasteiger partial charge in [0, 0.05) is 12.7 Å². The molecule has 0 radical (unpaired) electrons. The van der Waals surface area contributed by atoms with Crippen LogP contribution in [-0.4, -0.2) is 23.6 Å². The first kappa shape index (κ1) is 10.7. The van der Waals surface area contributed by atoms with Crippen LogP contribution in [0.2, 0.25) is 0 Å². The summed E-state index contributed by atoms with van der Waals surface area (Å²) in [6.07, 6.45) is 0.773. The molecule has 1 rings (SSSR count). The molecule has 0 atom stereocenters. The monoisotopic (exact) mass is 168 g/mol. The average molecular weight is 168 g/mol. The minimum absolute atomic E-state index is 0.197. The maximum atomic E-state index is 10.3. The van der Waals surface area contributed by atoms with E-state index in [9.17, 15) is 4.79 Å². The number of benzene rings is 1. The number of carbonyl (C=O) groups is 1. The van der Waals surface area contributed by atoms with E-state index in [0.29, 0.717) is 5.56 Å². The van der Waals surface area contributed by atoms with Crippen molar-refractivity contribution >= 4 is 6.29 Å². The van der Waals surface area contributed by atoms with Crippen molar-refractivity contribution < 1.29 is 15.0 Å². The lowest BCUT2D eigenvalue weighted by molar-refractivity contribution is 0.112. The second-order valence-corrected chi connectivity index (χ2v) is 2.16. The van der Waals surface area contributed by atoms with E-state index in [1.54, 1.807) is 19.1 Å². The molecule has 0 aliphatic heterocycles. The second-order valence-electron chi connectivity index (χ2n) is 2.16. The molecule has 12 heavy (non-hydrogen) atoms. The summed E-state index contributed by atoms with van der Waals surface area (Å²) < 4.78 is 0. The van der Waals surface area contributed by atoms with Gasteiger partial charge in [0.15, 0.2) is 0 Å². The molecular formula is C9H12O3. The van der Waals surface area contributed by atoms with E-state index < -0.39 is 0 Å². The number of hydrogen-bond acceptors (Lipinski definition) is 3. The Kier molecular flexibility index (Phi) is 4.72. The summed E-state index contributed by atoms with van der Waals surface area (Å²) in [6, 6.07) is 4.65. The molecular weight excluding hydrogens is 156 g/mol. The lowest BCUT2D eigenvalue weighted by Gasteiger charge is -1.96. The van der Waals surface area contributed by atoms with Gasteiger partial charge in [0.05, 0.1) is 0 Å². The van der Waals surface area contributed by atoms with E-state index in [1.165, 1.54) is 6.07 Å². The number of aromatic hydroxyl groups is 1. The van der Waals surface area contributed by atoms with Crippen molar-refractivity contribution in [3.63, 3.8) is 0 Å². The minimum Gasteiger partial charge on any atom is -0.508 e. The van der Waals surface area contributed by atoms with Crippen molar-refractivity contribution in [1.82, 2.24) is 0 Å². The second kappa shape index (κ2) is 5.32. The lowest BCUT2D eigenvalue weighted by Crippen LogP contribution is -1.83. The van der Waals surface area contributed by atoms with Gasteiger partial charge in [-0.25, -0.2) is 0 Å². The largest absolute Gasteiger partial charge is 0.508 e. The minimum atomic E-state index is 0.197. The van der Waals surface area contributed by atoms with Crippen molar-refractivity contribution in [3.8, 4) is 5.75 Å². The highest BCUT2D eigenvalue weighted by molar-refractivity contribution is 5.77. The summed E-state index contributed by atoms with van der Waals surface area (Å²) in [6.45, 7) is 1.78. The maximum absolute atomic E-state index is 10.3. The molecule has 0 aromatic heterocycles. The molecule has 2 N–H and O–H groups in total. The zero-order valence-corrected chi connectivity index (χ0v) is 7.11. The van der Waals surface area contributed by atoms with Crippen LogP contribution in [0.4, 0.5) is 0 Å². The van der Waals surface area contributed by atoms with Crippen LogP contribution in [0.25, 0.3) is 0 Å². The van der Waals surface area contributed by atoms with E-state index >= 15 is 0 Å². The first-order valence-electron chi connectivity index (χ1n) is 3.43. The molecule has 1 aromatic rings. The molecule has 0 amide bonds. The summed E-state index contributed by atoms with van der Waals surface area (Å²) in [5.74, 6) is 0.197. The standard InChI is InChI=1S/C8H8O2.CH4O/c1-6-4-8(10)3-2-7(6)5-9;1-2/h2-5,10H,1H3;2H,1H3. The number of aliphatic hydroxyl groups is 1. The van der Waals surface area contributed by atoms with Crippen molar-refractivity contribution in [2.75, 3.05) is 7.11 Å². The van der Waals surface area contributed by atoms with E-state index in [4.69, 9.17) is 10.2 Å². The van der Waals surface area contributed by atoms with Crippen LogP contribution in [0.3, 0.4) is 0 Å². The molecule has 0 spiro atoms. The molecule has 0 saturated carbocycles. The van der Waals surface area contributed by atoms with Crippen molar-refractivity contribution in [2.24, 2.45) is 0 Å². The van der Waals surface area contributed by atoms with E-state index in [0.717, 1.165) is 19.0 Å². The Morgan fingerprint density at radius 1 is 1.33 bits per heavy atom. The van der Waals surface area contributed by atoms with Crippen LogP contribution in [0.5, 0.6) is 5.75 Å². The van der Waals surface area contributed by atoms with Gasteiger partial charge in [0.25, 0.3) is 0 Å². The Balaban J connectivity index is 0.000000561. The van der Waals surface area contributed by atoms with E-state index in [2.05, 4.69) is 0 Å². The van der Waals surface area contributed by atoms with Gasteiger partial charge in [-0.3, -0.25) is 4.79 Å². The number of aryl methyl sites for hydroxylation is 1. The maximum Gasteiger partial charge on any atom is 0.150 e. The molecule has 0 aliphatic carbocycles. The Hall–Kier alpha value is -1.35. The molecule has 0 heterocycles. The topological polar surface area (TPSA) is 57.5 Å². The summed E-state index contributed by atoms with van der Waals surface area (Å²) >= 11 is 0. The van der Waals surface area contributed by atoms with Gasteiger partial charge in [-0.05, 0) is 30.7 Å². The van der Waals surface area contributed by atoms with Gasteiger partial charge in [0.1, 0.15) is 12.0 Å². The number of phenols is 1. The number of phenolic OH excluding ortho intramolecular Hbond substituents is 1. The highest BCUT2D eigenvalue weighted by atomic mass is 16.3. The molecule has 0 unspecified atom stereocenters. The molecule has 0 fully saturated rings. The van der Waals surface area contributed by atoms with Gasteiger partial charge in [-0.15, -0.1) is 0 Å². The van der Waals surface area contributed by atoms with Crippen molar-refractivity contribution in [1.29, 1.82) is 0 Å². The molecule has 3 heteroatoms.